The number of allylic oxidation sites excluding steroid dienone is 6. The van der Waals surface area contributed by atoms with Gasteiger partial charge in [-0.15, -0.1) is 0 Å². The van der Waals surface area contributed by atoms with Gasteiger partial charge in [0.1, 0.15) is 19.3 Å². The van der Waals surface area contributed by atoms with Crippen LogP contribution >= 0.6 is 0 Å². The average Bonchev–Trinajstić information content (AvgIpc) is 3.10. The third kappa shape index (κ3) is 38.5. The van der Waals surface area contributed by atoms with Gasteiger partial charge in [0.2, 0.25) is 0 Å². The normalized spacial score (nSPS) is 13.3. The lowest BCUT2D eigenvalue weighted by Gasteiger charge is -2.12. The van der Waals surface area contributed by atoms with Gasteiger partial charge >= 0.3 is 11.9 Å². The Hall–Kier alpha value is -2.18. The van der Waals surface area contributed by atoms with Crippen LogP contribution in [-0.2, 0) is 19.1 Å². The minimum atomic E-state index is -1.00. The molecule has 0 radical (unpaired) electrons. The molecule has 0 heterocycles. The lowest BCUT2D eigenvalue weighted by Crippen LogP contribution is -2.25. The smallest absolute Gasteiger partial charge is 0.305 e. The summed E-state index contributed by atoms with van der Waals surface area (Å²) in [4.78, 5) is 23.9. The molecule has 0 aromatic heterocycles. The number of hydrogen-bond donors (Lipinski definition) is 2. The van der Waals surface area contributed by atoms with Crippen molar-refractivity contribution in [3.05, 3.63) is 48.6 Å². The predicted molar refractivity (Wildman–Crippen MR) is 206 cm³/mol. The summed E-state index contributed by atoms with van der Waals surface area (Å²) in [6, 6.07) is 0. The fourth-order valence-electron chi connectivity index (χ4n) is 5.52. The summed E-state index contributed by atoms with van der Waals surface area (Å²) in [5, 5.41) is 20.0. The number of ether oxygens (including phenoxy) is 2. The second kappa shape index (κ2) is 38.6. The average molecular weight is 689 g/mol. The van der Waals surface area contributed by atoms with E-state index in [1.54, 1.807) is 6.08 Å². The highest BCUT2D eigenvalue weighted by atomic mass is 16.6. The van der Waals surface area contributed by atoms with Crippen LogP contribution in [0.5, 0.6) is 0 Å². The lowest BCUT2D eigenvalue weighted by atomic mass is 10.0. The van der Waals surface area contributed by atoms with Crippen LogP contribution in [0.3, 0.4) is 0 Å². The monoisotopic (exact) mass is 689 g/mol. The molecule has 0 aliphatic rings. The van der Waals surface area contributed by atoms with Crippen LogP contribution in [0, 0.1) is 0 Å². The molecule has 0 saturated carbocycles. The molecule has 0 aliphatic heterocycles. The van der Waals surface area contributed by atoms with E-state index in [2.05, 4.69) is 26.0 Å². The van der Waals surface area contributed by atoms with Gasteiger partial charge in [-0.3, -0.25) is 9.59 Å². The zero-order valence-corrected chi connectivity index (χ0v) is 31.8. The van der Waals surface area contributed by atoms with Crippen LogP contribution in [0.25, 0.3) is 0 Å². The molecule has 0 aromatic rings. The highest BCUT2D eigenvalue weighted by Crippen LogP contribution is 2.14. The van der Waals surface area contributed by atoms with Crippen molar-refractivity contribution in [3.8, 4) is 0 Å². The molecule has 0 amide bonds. The number of aliphatic hydroxyl groups is 2. The Balaban J connectivity index is 3.57. The summed E-state index contributed by atoms with van der Waals surface area (Å²) in [5.41, 5.74) is 0. The molecule has 0 aromatic carbocycles. The summed E-state index contributed by atoms with van der Waals surface area (Å²) in [6.45, 7) is 4.16. The maximum Gasteiger partial charge on any atom is 0.305 e. The van der Waals surface area contributed by atoms with Crippen LogP contribution in [0.4, 0.5) is 0 Å². The molecule has 49 heavy (non-hydrogen) atoms. The fraction of sp³-hybridized carbons (Fsp3) is 0.767. The summed E-state index contributed by atoms with van der Waals surface area (Å²) in [7, 11) is 0. The van der Waals surface area contributed by atoms with Gasteiger partial charge in [0.15, 0.2) is 0 Å². The first-order valence-corrected chi connectivity index (χ1v) is 20.3. The fourth-order valence-corrected chi connectivity index (χ4v) is 5.52. The molecule has 2 N–H and O–H groups in total. The van der Waals surface area contributed by atoms with Gasteiger partial charge < -0.3 is 19.7 Å². The molecule has 6 nitrogen and oxygen atoms in total. The number of hydrogen-bond acceptors (Lipinski definition) is 6. The van der Waals surface area contributed by atoms with Gasteiger partial charge in [-0.2, -0.15) is 0 Å². The largest absolute Gasteiger partial charge is 0.463 e. The Labute approximate surface area is 301 Å². The quantitative estimate of drug-likeness (QED) is 0.0294. The number of esters is 2. The number of aliphatic hydroxyl groups excluding tert-OH is 2. The van der Waals surface area contributed by atoms with Gasteiger partial charge in [-0.25, -0.2) is 0 Å². The molecule has 0 fully saturated rings. The first kappa shape index (κ1) is 46.8. The van der Waals surface area contributed by atoms with Gasteiger partial charge in [-0.05, 0) is 44.9 Å². The Morgan fingerprint density at radius 3 is 1.51 bits per heavy atom. The number of carbonyl (C=O) groups excluding carboxylic acids is 2. The van der Waals surface area contributed by atoms with Gasteiger partial charge in [0, 0.05) is 12.8 Å². The lowest BCUT2D eigenvalue weighted by molar-refractivity contribution is -0.152. The van der Waals surface area contributed by atoms with Crippen LogP contribution in [0.15, 0.2) is 48.6 Å². The van der Waals surface area contributed by atoms with Crippen molar-refractivity contribution in [2.75, 3.05) is 13.2 Å². The van der Waals surface area contributed by atoms with Crippen LogP contribution in [0.2, 0.25) is 0 Å². The van der Waals surface area contributed by atoms with Crippen LogP contribution in [-0.4, -0.2) is 47.6 Å². The second-order valence-electron chi connectivity index (χ2n) is 13.6. The Bertz CT molecular complexity index is 845. The third-order valence-electron chi connectivity index (χ3n) is 8.65. The summed E-state index contributed by atoms with van der Waals surface area (Å²) >= 11 is 0. The van der Waals surface area contributed by atoms with Crippen molar-refractivity contribution in [1.82, 2.24) is 0 Å². The molecular weight excluding hydrogens is 612 g/mol. The highest BCUT2D eigenvalue weighted by Gasteiger charge is 2.12. The van der Waals surface area contributed by atoms with E-state index in [0.29, 0.717) is 19.3 Å². The Morgan fingerprint density at radius 2 is 0.959 bits per heavy atom. The minimum absolute atomic E-state index is 0.147. The molecule has 0 rings (SSSR count). The first-order chi connectivity index (χ1) is 24.0. The summed E-state index contributed by atoms with van der Waals surface area (Å²) < 4.78 is 10.3. The van der Waals surface area contributed by atoms with Crippen molar-refractivity contribution in [2.24, 2.45) is 0 Å². The highest BCUT2D eigenvalue weighted by molar-refractivity contribution is 5.69. The van der Waals surface area contributed by atoms with Crippen molar-refractivity contribution in [1.29, 1.82) is 0 Å². The van der Waals surface area contributed by atoms with Crippen molar-refractivity contribution in [2.45, 2.75) is 199 Å². The van der Waals surface area contributed by atoms with Crippen molar-refractivity contribution >= 4 is 11.9 Å². The van der Waals surface area contributed by atoms with Crippen molar-refractivity contribution in [3.63, 3.8) is 0 Å². The molecule has 0 saturated heterocycles. The summed E-state index contributed by atoms with van der Waals surface area (Å²) in [6.07, 6.45) is 44.8. The predicted octanol–water partition coefficient (Wildman–Crippen LogP) is 11.6. The van der Waals surface area contributed by atoms with Gasteiger partial charge in [0.25, 0.3) is 0 Å². The van der Waals surface area contributed by atoms with Crippen molar-refractivity contribution < 1.29 is 29.3 Å². The number of carbonyl (C=O) groups is 2. The van der Waals surface area contributed by atoms with E-state index < -0.39 is 12.2 Å². The van der Waals surface area contributed by atoms with E-state index >= 15 is 0 Å². The molecule has 6 heteroatoms. The van der Waals surface area contributed by atoms with E-state index in [0.717, 1.165) is 38.5 Å². The Kier molecular flexibility index (Phi) is 36.9. The molecule has 0 spiro atoms. The van der Waals surface area contributed by atoms with E-state index in [4.69, 9.17) is 9.47 Å². The number of rotatable bonds is 36. The van der Waals surface area contributed by atoms with Crippen LogP contribution < -0.4 is 0 Å². The van der Waals surface area contributed by atoms with Crippen LogP contribution in [0.1, 0.15) is 187 Å². The maximum atomic E-state index is 12.0. The molecule has 2 atom stereocenters. The first-order valence-electron chi connectivity index (χ1n) is 20.3. The summed E-state index contributed by atoms with van der Waals surface area (Å²) in [5.74, 6) is -0.663. The topological polar surface area (TPSA) is 93.1 Å². The maximum absolute atomic E-state index is 12.0. The number of unbranched alkanes of at least 4 members (excludes halogenated alkanes) is 20. The minimum Gasteiger partial charge on any atom is -0.463 e. The zero-order chi connectivity index (χ0) is 35.9. The standard InChI is InChI=1S/C43H76O6/c1-3-5-7-9-11-12-13-14-15-16-17-18-19-20-24-28-32-36-42(46)48-38-41(45)39-49-43(47)37-33-29-25-22-21-23-27-31-35-40(44)34-30-26-10-8-6-4-2/h22-23,25-27,30-31,35,40-41,44-45H,3-21,24,28-29,32-34,36-39H2,1-2H3/b25-22-,27-23-,30-26-,35-31+/t40-,41-/m1/s1. The molecule has 0 unspecified atom stereocenters. The zero-order valence-electron chi connectivity index (χ0n) is 31.8. The molecule has 0 aliphatic carbocycles. The molecule has 0 bridgehead atoms. The van der Waals surface area contributed by atoms with E-state index in [1.165, 1.54) is 109 Å². The SMILES string of the molecule is CCCCC/C=C\C[C@@H](O)/C=C/C=C\C/C=C\CCCC(=O)OC[C@H](O)COC(=O)CCCCCCCCCCCCCCCCCCC. The van der Waals surface area contributed by atoms with Gasteiger partial charge in [-0.1, -0.05) is 178 Å². The van der Waals surface area contributed by atoms with E-state index in [9.17, 15) is 19.8 Å². The Morgan fingerprint density at radius 1 is 0.510 bits per heavy atom. The van der Waals surface area contributed by atoms with Gasteiger partial charge in [0.05, 0.1) is 6.10 Å². The van der Waals surface area contributed by atoms with E-state index in [-0.39, 0.29) is 31.6 Å². The third-order valence-corrected chi connectivity index (χ3v) is 8.65. The second-order valence-corrected chi connectivity index (χ2v) is 13.6. The molecule has 284 valence electrons. The molecular formula is C43H76O6. The van der Waals surface area contributed by atoms with E-state index in [1.807, 2.05) is 30.4 Å².